The van der Waals surface area contributed by atoms with Gasteiger partial charge in [-0.3, -0.25) is 4.79 Å². The summed E-state index contributed by atoms with van der Waals surface area (Å²) in [5.41, 5.74) is -0.529. The minimum absolute atomic E-state index is 0.0185. The fourth-order valence-electron chi connectivity index (χ4n) is 0.791. The van der Waals surface area contributed by atoms with Gasteiger partial charge in [-0.2, -0.15) is 5.26 Å². The lowest BCUT2D eigenvalue weighted by atomic mass is 10.1. The van der Waals surface area contributed by atoms with Crippen LogP contribution < -0.4 is 5.43 Å². The first-order chi connectivity index (χ1) is 5.66. The molecule has 0 unspecified atom stereocenters. The molecule has 0 fully saturated rings. The van der Waals surface area contributed by atoms with Crippen LogP contribution in [0.15, 0.2) is 21.5 Å². The molecule has 1 atom stereocenters. The van der Waals surface area contributed by atoms with Gasteiger partial charge in [0.2, 0.25) is 11.2 Å². The Bertz CT molecular complexity index is 375. The van der Waals surface area contributed by atoms with Gasteiger partial charge in [0.25, 0.3) is 0 Å². The Morgan fingerprint density at radius 1 is 1.75 bits per heavy atom. The molecule has 1 N–H and O–H groups in total. The summed E-state index contributed by atoms with van der Waals surface area (Å²) in [5, 5.41) is 17.6. The van der Waals surface area contributed by atoms with E-state index in [2.05, 4.69) is 0 Å². The fourth-order valence-corrected chi connectivity index (χ4v) is 0.791. The lowest BCUT2D eigenvalue weighted by molar-refractivity contribution is 0.395. The maximum absolute atomic E-state index is 10.8. The van der Waals surface area contributed by atoms with E-state index in [0.717, 1.165) is 12.3 Å². The highest BCUT2D eigenvalue weighted by Gasteiger charge is 2.14. The van der Waals surface area contributed by atoms with Crippen molar-refractivity contribution in [3.05, 3.63) is 28.3 Å². The molecule has 4 nitrogen and oxygen atoms in total. The van der Waals surface area contributed by atoms with Crippen LogP contribution in [0.25, 0.3) is 0 Å². The number of aromatic hydroxyl groups is 1. The van der Waals surface area contributed by atoms with Crippen molar-refractivity contribution in [3.63, 3.8) is 0 Å². The van der Waals surface area contributed by atoms with Crippen LogP contribution in [0.2, 0.25) is 0 Å². The molecule has 1 heterocycles. The van der Waals surface area contributed by atoms with Gasteiger partial charge < -0.3 is 9.52 Å². The predicted molar refractivity (Wildman–Crippen MR) is 40.7 cm³/mol. The van der Waals surface area contributed by atoms with Crippen molar-refractivity contribution in [1.82, 2.24) is 0 Å². The first kappa shape index (κ1) is 8.34. The minimum Gasteiger partial charge on any atom is -0.502 e. The standard InChI is InChI=1S/C8H7NO3/c1-5(4-9)8-7(11)6(10)2-3-12-8/h2-3,5,11H,1H3/t5-/m1/s1. The molecule has 0 aliphatic carbocycles. The van der Waals surface area contributed by atoms with Crippen molar-refractivity contribution in [2.24, 2.45) is 0 Å². The highest BCUT2D eigenvalue weighted by Crippen LogP contribution is 2.20. The number of hydrogen-bond donors (Lipinski definition) is 1. The molecular formula is C8H7NO3. The van der Waals surface area contributed by atoms with Gasteiger partial charge in [0.05, 0.1) is 12.3 Å². The summed E-state index contributed by atoms with van der Waals surface area (Å²) in [6, 6.07) is 2.96. The van der Waals surface area contributed by atoms with E-state index in [-0.39, 0.29) is 5.76 Å². The van der Waals surface area contributed by atoms with Crippen LogP contribution in [0, 0.1) is 11.3 Å². The van der Waals surface area contributed by atoms with Gasteiger partial charge in [0.1, 0.15) is 5.92 Å². The molecule has 0 saturated carbocycles. The lowest BCUT2D eigenvalue weighted by Crippen LogP contribution is -2.02. The fraction of sp³-hybridized carbons (Fsp3) is 0.250. The Balaban J connectivity index is 3.28. The van der Waals surface area contributed by atoms with E-state index in [1.165, 1.54) is 6.92 Å². The average molecular weight is 165 g/mol. The summed E-state index contributed by atoms with van der Waals surface area (Å²) in [6.45, 7) is 1.54. The van der Waals surface area contributed by atoms with E-state index < -0.39 is 17.1 Å². The number of nitrogens with zero attached hydrogens (tertiary/aromatic N) is 1. The van der Waals surface area contributed by atoms with E-state index >= 15 is 0 Å². The second-order valence-electron chi connectivity index (χ2n) is 2.35. The lowest BCUT2D eigenvalue weighted by Gasteiger charge is -2.01. The van der Waals surface area contributed by atoms with Crippen LogP contribution in [-0.4, -0.2) is 5.11 Å². The van der Waals surface area contributed by atoms with E-state index in [4.69, 9.17) is 14.8 Å². The Hall–Kier alpha value is -1.76. The molecule has 62 valence electrons. The third kappa shape index (κ3) is 1.30. The second-order valence-corrected chi connectivity index (χ2v) is 2.35. The van der Waals surface area contributed by atoms with Gasteiger partial charge in [-0.05, 0) is 6.92 Å². The van der Waals surface area contributed by atoms with Gasteiger partial charge in [0, 0.05) is 6.07 Å². The Morgan fingerprint density at radius 3 is 3.00 bits per heavy atom. The normalized spacial score (nSPS) is 12.0. The smallest absolute Gasteiger partial charge is 0.226 e. The quantitative estimate of drug-likeness (QED) is 0.672. The van der Waals surface area contributed by atoms with Crippen molar-refractivity contribution in [2.45, 2.75) is 12.8 Å². The van der Waals surface area contributed by atoms with Crippen molar-refractivity contribution >= 4 is 0 Å². The van der Waals surface area contributed by atoms with E-state index in [1.807, 2.05) is 6.07 Å². The zero-order valence-corrected chi connectivity index (χ0v) is 6.44. The van der Waals surface area contributed by atoms with Crippen LogP contribution in [0.1, 0.15) is 18.6 Å². The molecule has 1 aromatic heterocycles. The van der Waals surface area contributed by atoms with Crippen molar-refractivity contribution in [3.8, 4) is 11.8 Å². The average Bonchev–Trinajstić information content (AvgIpc) is 2.08. The summed E-state index contributed by atoms with van der Waals surface area (Å²) >= 11 is 0. The molecule has 1 aromatic rings. The first-order valence-electron chi connectivity index (χ1n) is 3.37. The molecule has 0 aromatic carbocycles. The largest absolute Gasteiger partial charge is 0.502 e. The monoisotopic (exact) mass is 165 g/mol. The Morgan fingerprint density at radius 2 is 2.42 bits per heavy atom. The highest BCUT2D eigenvalue weighted by molar-refractivity contribution is 5.28. The van der Waals surface area contributed by atoms with Gasteiger partial charge >= 0.3 is 0 Å². The van der Waals surface area contributed by atoms with Gasteiger partial charge in [0.15, 0.2) is 5.76 Å². The number of hydrogen-bond acceptors (Lipinski definition) is 4. The molecule has 12 heavy (non-hydrogen) atoms. The third-order valence-electron chi connectivity index (χ3n) is 1.47. The summed E-state index contributed by atoms with van der Waals surface area (Å²) < 4.78 is 4.82. The minimum atomic E-state index is -0.612. The molecule has 4 heteroatoms. The molecule has 0 radical (unpaired) electrons. The van der Waals surface area contributed by atoms with Gasteiger partial charge in [-0.25, -0.2) is 0 Å². The van der Waals surface area contributed by atoms with Crippen LogP contribution in [0.3, 0.4) is 0 Å². The SMILES string of the molecule is C[C@H](C#N)c1occc(=O)c1O. The Kier molecular flexibility index (Phi) is 2.15. The van der Waals surface area contributed by atoms with E-state index in [1.54, 1.807) is 0 Å². The second kappa shape index (κ2) is 3.09. The Labute approximate surface area is 68.7 Å². The van der Waals surface area contributed by atoms with Crippen LogP contribution in [0.4, 0.5) is 0 Å². The molecule has 1 rings (SSSR count). The highest BCUT2D eigenvalue weighted by atomic mass is 16.4. The van der Waals surface area contributed by atoms with Crippen LogP contribution >= 0.6 is 0 Å². The summed E-state index contributed by atoms with van der Waals surface area (Å²) in [4.78, 5) is 10.8. The van der Waals surface area contributed by atoms with Crippen LogP contribution in [0.5, 0.6) is 5.75 Å². The van der Waals surface area contributed by atoms with Crippen molar-refractivity contribution < 1.29 is 9.52 Å². The number of rotatable bonds is 1. The van der Waals surface area contributed by atoms with Crippen molar-refractivity contribution in [2.75, 3.05) is 0 Å². The summed E-state index contributed by atoms with van der Waals surface area (Å²) in [6.07, 6.45) is 1.16. The van der Waals surface area contributed by atoms with Crippen LogP contribution in [-0.2, 0) is 0 Å². The van der Waals surface area contributed by atoms with Gasteiger partial charge in [-0.15, -0.1) is 0 Å². The summed E-state index contributed by atoms with van der Waals surface area (Å²) in [7, 11) is 0. The predicted octanol–water partition coefficient (Wildman–Crippen LogP) is 0.972. The molecule has 0 amide bonds. The third-order valence-corrected chi connectivity index (χ3v) is 1.47. The zero-order valence-electron chi connectivity index (χ0n) is 6.44. The number of nitriles is 1. The molecule has 0 aliphatic rings. The maximum Gasteiger partial charge on any atom is 0.226 e. The molecule has 0 saturated heterocycles. The first-order valence-corrected chi connectivity index (χ1v) is 3.37. The molecular weight excluding hydrogens is 158 g/mol. The molecule has 0 spiro atoms. The topological polar surface area (TPSA) is 74.2 Å². The zero-order chi connectivity index (χ0) is 9.14. The molecule has 0 bridgehead atoms. The molecule has 0 aliphatic heterocycles. The van der Waals surface area contributed by atoms with E-state index in [0.29, 0.717) is 0 Å². The van der Waals surface area contributed by atoms with Gasteiger partial charge in [-0.1, -0.05) is 0 Å². The summed E-state index contributed by atoms with van der Waals surface area (Å²) in [5.74, 6) is -1.07. The maximum atomic E-state index is 10.8. The van der Waals surface area contributed by atoms with Crippen molar-refractivity contribution in [1.29, 1.82) is 5.26 Å². The van der Waals surface area contributed by atoms with E-state index in [9.17, 15) is 4.79 Å².